The van der Waals surface area contributed by atoms with Gasteiger partial charge in [0, 0.05) is 5.02 Å². The average molecular weight is 211 g/mol. The second-order valence-electron chi connectivity index (χ2n) is 3.55. The average Bonchev–Trinajstić information content (AvgIpc) is 2.85. The topological polar surface area (TPSA) is 55.1 Å². The number of nitrogens with one attached hydrogen (secondary N) is 1. The molecule has 74 valence electrons. The first-order valence-corrected chi connectivity index (χ1v) is 4.84. The lowest BCUT2D eigenvalue weighted by molar-refractivity contribution is 0.244. The SMILES string of the molecule is NC(=O)NC1(c2ccccc2Cl)CC1. The molecule has 1 fully saturated rings. The molecule has 0 aliphatic heterocycles. The standard InChI is InChI=1S/C10H11ClN2O/c11-8-4-2-1-3-7(8)10(5-6-10)13-9(12)14/h1-4H,5-6H2,(H3,12,13,14). The molecule has 1 aromatic carbocycles. The van der Waals surface area contributed by atoms with Crippen LogP contribution in [0.1, 0.15) is 18.4 Å². The predicted octanol–water partition coefficient (Wildman–Crippen LogP) is 2.00. The van der Waals surface area contributed by atoms with Gasteiger partial charge >= 0.3 is 6.03 Å². The maximum Gasteiger partial charge on any atom is 0.312 e. The summed E-state index contributed by atoms with van der Waals surface area (Å²) >= 11 is 6.04. The van der Waals surface area contributed by atoms with E-state index in [1.54, 1.807) is 0 Å². The molecule has 0 heterocycles. The van der Waals surface area contributed by atoms with Gasteiger partial charge in [-0.2, -0.15) is 0 Å². The number of hydrogen-bond donors (Lipinski definition) is 2. The molecular formula is C10H11ClN2O. The Morgan fingerprint density at radius 1 is 1.43 bits per heavy atom. The van der Waals surface area contributed by atoms with Gasteiger partial charge in [0.15, 0.2) is 0 Å². The normalized spacial score (nSPS) is 17.5. The number of carbonyl (C=O) groups is 1. The van der Waals surface area contributed by atoms with Crippen molar-refractivity contribution < 1.29 is 4.79 Å². The number of hydrogen-bond acceptors (Lipinski definition) is 1. The Bertz CT molecular complexity index is 374. The van der Waals surface area contributed by atoms with Gasteiger partial charge in [0.1, 0.15) is 0 Å². The number of halogens is 1. The summed E-state index contributed by atoms with van der Waals surface area (Å²) in [7, 11) is 0. The smallest absolute Gasteiger partial charge is 0.312 e. The lowest BCUT2D eigenvalue weighted by Gasteiger charge is -2.17. The van der Waals surface area contributed by atoms with E-state index in [2.05, 4.69) is 5.32 Å². The Kier molecular flexibility index (Phi) is 2.11. The van der Waals surface area contributed by atoms with E-state index in [1.165, 1.54) is 0 Å². The van der Waals surface area contributed by atoms with Crippen molar-refractivity contribution >= 4 is 17.6 Å². The minimum atomic E-state index is -0.498. The number of amides is 2. The molecule has 2 amide bonds. The van der Waals surface area contributed by atoms with Gasteiger partial charge < -0.3 is 11.1 Å². The summed E-state index contributed by atoms with van der Waals surface area (Å²) in [5, 5.41) is 3.42. The number of nitrogens with two attached hydrogens (primary N) is 1. The van der Waals surface area contributed by atoms with Crippen LogP contribution in [0.15, 0.2) is 24.3 Å². The first-order valence-electron chi connectivity index (χ1n) is 4.47. The van der Waals surface area contributed by atoms with Crippen LogP contribution in [0.25, 0.3) is 0 Å². The molecule has 14 heavy (non-hydrogen) atoms. The van der Waals surface area contributed by atoms with Crippen LogP contribution in [0.3, 0.4) is 0 Å². The third-order valence-corrected chi connectivity index (χ3v) is 2.83. The van der Waals surface area contributed by atoms with Crippen LogP contribution >= 0.6 is 11.6 Å². The van der Waals surface area contributed by atoms with Crippen LogP contribution < -0.4 is 11.1 Å². The zero-order valence-electron chi connectivity index (χ0n) is 7.59. The highest BCUT2D eigenvalue weighted by Crippen LogP contribution is 2.47. The Morgan fingerprint density at radius 3 is 2.57 bits per heavy atom. The maximum atomic E-state index is 10.8. The molecule has 0 aromatic heterocycles. The van der Waals surface area contributed by atoms with Gasteiger partial charge in [-0.1, -0.05) is 29.8 Å². The Morgan fingerprint density at radius 2 is 2.07 bits per heavy atom. The van der Waals surface area contributed by atoms with Crippen molar-refractivity contribution in [1.29, 1.82) is 0 Å². The molecule has 4 heteroatoms. The monoisotopic (exact) mass is 210 g/mol. The first kappa shape index (κ1) is 9.34. The summed E-state index contributed by atoms with van der Waals surface area (Å²) in [6, 6.07) is 7.02. The van der Waals surface area contributed by atoms with Crippen LogP contribution in [-0.2, 0) is 5.54 Å². The van der Waals surface area contributed by atoms with Gasteiger partial charge in [-0.05, 0) is 24.5 Å². The molecule has 1 aromatic rings. The fraction of sp³-hybridized carbons (Fsp3) is 0.300. The van der Waals surface area contributed by atoms with E-state index in [0.717, 1.165) is 18.4 Å². The fourth-order valence-electron chi connectivity index (χ4n) is 1.67. The first-order chi connectivity index (χ1) is 6.64. The van der Waals surface area contributed by atoms with Crippen molar-refractivity contribution in [3.8, 4) is 0 Å². The van der Waals surface area contributed by atoms with Crippen LogP contribution in [-0.4, -0.2) is 6.03 Å². The van der Waals surface area contributed by atoms with Gasteiger partial charge in [-0.3, -0.25) is 0 Å². The number of carbonyl (C=O) groups excluding carboxylic acids is 1. The largest absolute Gasteiger partial charge is 0.352 e. The number of primary amides is 1. The predicted molar refractivity (Wildman–Crippen MR) is 55.1 cm³/mol. The maximum absolute atomic E-state index is 10.8. The van der Waals surface area contributed by atoms with Gasteiger partial charge in [0.25, 0.3) is 0 Å². The summed E-state index contributed by atoms with van der Waals surface area (Å²) in [6.45, 7) is 0. The van der Waals surface area contributed by atoms with Crippen molar-refractivity contribution in [2.75, 3.05) is 0 Å². The van der Waals surface area contributed by atoms with E-state index < -0.39 is 6.03 Å². The molecule has 0 saturated heterocycles. The molecular weight excluding hydrogens is 200 g/mol. The van der Waals surface area contributed by atoms with Crippen molar-refractivity contribution in [3.05, 3.63) is 34.9 Å². The Balaban J connectivity index is 2.31. The van der Waals surface area contributed by atoms with Gasteiger partial charge in [0.2, 0.25) is 0 Å². The molecule has 3 N–H and O–H groups in total. The van der Waals surface area contributed by atoms with E-state index in [9.17, 15) is 4.79 Å². The summed E-state index contributed by atoms with van der Waals surface area (Å²) < 4.78 is 0. The van der Waals surface area contributed by atoms with E-state index in [-0.39, 0.29) is 5.54 Å². The Hall–Kier alpha value is -1.22. The van der Waals surface area contributed by atoms with Crippen molar-refractivity contribution in [2.45, 2.75) is 18.4 Å². The van der Waals surface area contributed by atoms with Crippen molar-refractivity contribution in [2.24, 2.45) is 5.73 Å². The fourth-order valence-corrected chi connectivity index (χ4v) is 1.99. The number of benzene rings is 1. The molecule has 1 aliphatic carbocycles. The highest BCUT2D eigenvalue weighted by molar-refractivity contribution is 6.31. The van der Waals surface area contributed by atoms with Crippen LogP contribution in [0, 0.1) is 0 Å². The molecule has 0 bridgehead atoms. The lowest BCUT2D eigenvalue weighted by atomic mass is 10.1. The number of rotatable bonds is 2. The van der Waals surface area contributed by atoms with E-state index >= 15 is 0 Å². The van der Waals surface area contributed by atoms with Gasteiger partial charge in [-0.15, -0.1) is 0 Å². The summed E-state index contributed by atoms with van der Waals surface area (Å²) in [5.74, 6) is 0. The summed E-state index contributed by atoms with van der Waals surface area (Å²) in [6.07, 6.45) is 1.80. The minimum Gasteiger partial charge on any atom is -0.352 e. The molecule has 0 atom stereocenters. The second kappa shape index (κ2) is 3.17. The van der Waals surface area contributed by atoms with Crippen LogP contribution in [0.2, 0.25) is 5.02 Å². The zero-order valence-corrected chi connectivity index (χ0v) is 8.34. The van der Waals surface area contributed by atoms with Gasteiger partial charge in [0.05, 0.1) is 5.54 Å². The van der Waals surface area contributed by atoms with E-state index in [4.69, 9.17) is 17.3 Å². The highest BCUT2D eigenvalue weighted by atomic mass is 35.5. The molecule has 1 saturated carbocycles. The molecule has 0 spiro atoms. The van der Waals surface area contributed by atoms with Crippen molar-refractivity contribution in [3.63, 3.8) is 0 Å². The molecule has 0 radical (unpaired) electrons. The lowest BCUT2D eigenvalue weighted by Crippen LogP contribution is -2.38. The minimum absolute atomic E-state index is 0.301. The molecule has 2 rings (SSSR count). The zero-order chi connectivity index (χ0) is 10.2. The summed E-state index contributed by atoms with van der Waals surface area (Å²) in [5.41, 5.74) is 5.77. The van der Waals surface area contributed by atoms with Crippen LogP contribution in [0.5, 0.6) is 0 Å². The number of urea groups is 1. The molecule has 3 nitrogen and oxygen atoms in total. The molecule has 0 unspecified atom stereocenters. The second-order valence-corrected chi connectivity index (χ2v) is 3.96. The highest BCUT2D eigenvalue weighted by Gasteiger charge is 2.46. The van der Waals surface area contributed by atoms with Crippen molar-refractivity contribution in [1.82, 2.24) is 5.32 Å². The van der Waals surface area contributed by atoms with Gasteiger partial charge in [-0.25, -0.2) is 4.79 Å². The molecule has 1 aliphatic rings. The summed E-state index contributed by atoms with van der Waals surface area (Å²) in [4.78, 5) is 10.8. The van der Waals surface area contributed by atoms with E-state index in [0.29, 0.717) is 5.02 Å². The van der Waals surface area contributed by atoms with E-state index in [1.807, 2.05) is 24.3 Å². The Labute approximate surface area is 87.2 Å². The quantitative estimate of drug-likeness (QED) is 0.771. The third kappa shape index (κ3) is 1.55. The van der Waals surface area contributed by atoms with Crippen LogP contribution in [0.4, 0.5) is 4.79 Å². The third-order valence-electron chi connectivity index (χ3n) is 2.50.